The van der Waals surface area contributed by atoms with E-state index in [1.54, 1.807) is 13.8 Å². The van der Waals surface area contributed by atoms with Crippen molar-refractivity contribution in [3.8, 4) is 0 Å². The van der Waals surface area contributed by atoms with Gasteiger partial charge in [0.15, 0.2) is 5.78 Å². The fourth-order valence-electron chi connectivity index (χ4n) is 3.12. The van der Waals surface area contributed by atoms with Gasteiger partial charge in [0, 0.05) is 13.0 Å². The second kappa shape index (κ2) is 9.45. The Kier molecular flexibility index (Phi) is 7.89. The van der Waals surface area contributed by atoms with Gasteiger partial charge < -0.3 is 26.2 Å². The van der Waals surface area contributed by atoms with Crippen LogP contribution in [0.3, 0.4) is 0 Å². The molecule has 0 aromatic heterocycles. The largest absolute Gasteiger partial charge is 0.481 e. The number of carbonyl (C=O) groups excluding carboxylic acids is 3. The summed E-state index contributed by atoms with van der Waals surface area (Å²) in [6, 6.07) is -3.12. The highest BCUT2D eigenvalue weighted by molar-refractivity contribution is 6.07. The molecule has 5 N–H and O–H groups in total. The topological polar surface area (TPSA) is 167 Å². The predicted octanol–water partition coefficient (Wildman–Crippen LogP) is -0.790. The molecule has 1 aliphatic heterocycles. The second-order valence-corrected chi connectivity index (χ2v) is 7.08. The number of carboxylic acids is 2. The molecule has 0 aromatic rings. The zero-order valence-corrected chi connectivity index (χ0v) is 15.7. The first-order valence-corrected chi connectivity index (χ1v) is 8.82. The van der Waals surface area contributed by atoms with E-state index in [-0.39, 0.29) is 31.7 Å². The second-order valence-electron chi connectivity index (χ2n) is 7.08. The average Bonchev–Trinajstić information content (AvgIpc) is 2.91. The van der Waals surface area contributed by atoms with Gasteiger partial charge in [0.2, 0.25) is 11.8 Å². The summed E-state index contributed by atoms with van der Waals surface area (Å²) in [6.45, 7) is 4.85. The highest BCUT2D eigenvalue weighted by Crippen LogP contribution is 2.26. The first kappa shape index (κ1) is 22.6. The van der Waals surface area contributed by atoms with Gasteiger partial charge in [-0.2, -0.15) is 0 Å². The van der Waals surface area contributed by atoms with Crippen molar-refractivity contribution in [3.05, 3.63) is 0 Å². The van der Waals surface area contributed by atoms with Crippen LogP contribution >= 0.6 is 0 Å². The van der Waals surface area contributed by atoms with Crippen LogP contribution in [0.25, 0.3) is 0 Å². The fraction of sp³-hybridized carbons (Fsp3) is 0.706. The molecule has 0 bridgehead atoms. The number of carbonyl (C=O) groups is 5. The third-order valence-corrected chi connectivity index (χ3v) is 4.52. The molecule has 0 saturated carbocycles. The number of amides is 2. The van der Waals surface area contributed by atoms with E-state index in [0.29, 0.717) is 0 Å². The summed E-state index contributed by atoms with van der Waals surface area (Å²) >= 11 is 0. The van der Waals surface area contributed by atoms with E-state index in [9.17, 15) is 29.1 Å². The number of hydrogen-bond donors (Lipinski definition) is 4. The lowest BCUT2D eigenvalue weighted by atomic mass is 9.93. The number of Topliss-reactive ketones (excluding diaryl/α,β-unsaturated/α-hetero) is 1. The smallest absolute Gasteiger partial charge is 0.326 e. The average molecular weight is 385 g/mol. The highest BCUT2D eigenvalue weighted by Gasteiger charge is 2.45. The van der Waals surface area contributed by atoms with Gasteiger partial charge in [-0.3, -0.25) is 19.2 Å². The van der Waals surface area contributed by atoms with Crippen molar-refractivity contribution < 1.29 is 34.2 Å². The van der Waals surface area contributed by atoms with Crippen molar-refractivity contribution in [2.45, 2.75) is 58.2 Å². The summed E-state index contributed by atoms with van der Waals surface area (Å²) in [5, 5.41) is 20.6. The Morgan fingerprint density at radius 1 is 1.22 bits per heavy atom. The van der Waals surface area contributed by atoms with Crippen molar-refractivity contribution >= 4 is 29.5 Å². The van der Waals surface area contributed by atoms with Gasteiger partial charge in [-0.1, -0.05) is 13.8 Å². The van der Waals surface area contributed by atoms with Crippen LogP contribution in [0, 0.1) is 11.8 Å². The Balaban J connectivity index is 2.97. The van der Waals surface area contributed by atoms with Gasteiger partial charge in [0.1, 0.15) is 12.0 Å². The standard InChI is InChI=1S/C17H27N3O7/c1-8(2)13(17(26)27)20-7-6-10(16(20)25)14(23)11(4-5-12(21)22)19-15(24)9(3)18/h8-11,13H,4-7,18H2,1-3H3,(H,19,24)(H,21,22)(H,26,27)/t9-,10+,11-,13-/m0/s1. The molecular weight excluding hydrogens is 358 g/mol. The molecule has 4 atom stereocenters. The Labute approximate surface area is 157 Å². The Hall–Kier alpha value is -2.49. The quantitative estimate of drug-likeness (QED) is 0.355. The van der Waals surface area contributed by atoms with E-state index in [2.05, 4.69) is 5.32 Å². The summed E-state index contributed by atoms with van der Waals surface area (Å²) in [6.07, 6.45) is -0.432. The molecule has 1 rings (SSSR count). The minimum absolute atomic E-state index is 0.108. The number of aliphatic carboxylic acids is 2. The molecule has 0 unspecified atom stereocenters. The fourth-order valence-corrected chi connectivity index (χ4v) is 3.12. The Morgan fingerprint density at radius 3 is 2.26 bits per heavy atom. The number of nitrogens with zero attached hydrogens (tertiary/aromatic N) is 1. The minimum Gasteiger partial charge on any atom is -0.481 e. The van der Waals surface area contributed by atoms with Crippen LogP contribution < -0.4 is 11.1 Å². The van der Waals surface area contributed by atoms with E-state index in [0.717, 1.165) is 4.90 Å². The van der Waals surface area contributed by atoms with Gasteiger partial charge in [-0.05, 0) is 25.7 Å². The normalized spacial score (nSPS) is 20.3. The van der Waals surface area contributed by atoms with Crippen molar-refractivity contribution in [3.63, 3.8) is 0 Å². The number of ketones is 1. The number of hydrogen-bond acceptors (Lipinski definition) is 6. The maximum atomic E-state index is 12.8. The Bertz CT molecular complexity index is 618. The van der Waals surface area contributed by atoms with Crippen LogP contribution in [0.15, 0.2) is 0 Å². The summed E-state index contributed by atoms with van der Waals surface area (Å²) in [5.41, 5.74) is 5.47. The van der Waals surface area contributed by atoms with Gasteiger partial charge in [-0.25, -0.2) is 4.79 Å². The molecule has 0 radical (unpaired) electrons. The van der Waals surface area contributed by atoms with Gasteiger partial charge in [0.05, 0.1) is 12.1 Å². The van der Waals surface area contributed by atoms with Crippen molar-refractivity contribution in [2.24, 2.45) is 17.6 Å². The maximum absolute atomic E-state index is 12.8. The number of rotatable bonds is 10. The van der Waals surface area contributed by atoms with Crippen molar-refractivity contribution in [1.82, 2.24) is 10.2 Å². The minimum atomic E-state index is -1.17. The third-order valence-electron chi connectivity index (χ3n) is 4.52. The summed E-state index contributed by atoms with van der Waals surface area (Å²) in [4.78, 5) is 60.7. The molecule has 1 heterocycles. The first-order chi connectivity index (χ1) is 12.5. The molecule has 0 aliphatic carbocycles. The third kappa shape index (κ3) is 5.75. The number of nitrogens with one attached hydrogen (secondary N) is 1. The van der Waals surface area contributed by atoms with Gasteiger partial charge in [0.25, 0.3) is 0 Å². The lowest BCUT2D eigenvalue weighted by molar-refractivity contribution is -0.152. The molecule has 0 spiro atoms. The van der Waals surface area contributed by atoms with E-state index in [1.165, 1.54) is 6.92 Å². The van der Waals surface area contributed by atoms with Crippen LogP contribution in [-0.4, -0.2) is 69.3 Å². The number of nitrogens with two attached hydrogens (primary N) is 1. The lowest BCUT2D eigenvalue weighted by Gasteiger charge is -2.28. The van der Waals surface area contributed by atoms with Crippen LogP contribution in [0.1, 0.15) is 40.0 Å². The molecule has 10 heteroatoms. The van der Waals surface area contributed by atoms with Gasteiger partial charge in [-0.15, -0.1) is 0 Å². The molecule has 1 aliphatic rings. The van der Waals surface area contributed by atoms with E-state index in [4.69, 9.17) is 10.8 Å². The summed E-state index contributed by atoms with van der Waals surface area (Å²) < 4.78 is 0. The maximum Gasteiger partial charge on any atom is 0.326 e. The zero-order chi connectivity index (χ0) is 20.9. The predicted molar refractivity (Wildman–Crippen MR) is 93.5 cm³/mol. The first-order valence-electron chi connectivity index (χ1n) is 8.82. The monoisotopic (exact) mass is 385 g/mol. The molecule has 27 heavy (non-hydrogen) atoms. The molecular formula is C17H27N3O7. The summed E-state index contributed by atoms with van der Waals surface area (Å²) in [5.74, 6) is -5.63. The molecule has 10 nitrogen and oxygen atoms in total. The number of carboxylic acid groups (broad SMARTS) is 2. The molecule has 1 saturated heterocycles. The SMILES string of the molecule is CC(C)[C@@H](C(=O)O)N1CC[C@H](C(=O)[C@H](CCC(=O)O)NC(=O)[C@H](C)N)C1=O. The zero-order valence-electron chi connectivity index (χ0n) is 15.7. The van der Waals surface area contributed by atoms with E-state index < -0.39 is 53.6 Å². The van der Waals surface area contributed by atoms with E-state index in [1.807, 2.05) is 0 Å². The van der Waals surface area contributed by atoms with Crippen molar-refractivity contribution in [2.75, 3.05) is 6.54 Å². The molecule has 1 fully saturated rings. The van der Waals surface area contributed by atoms with Crippen LogP contribution in [-0.2, 0) is 24.0 Å². The highest BCUT2D eigenvalue weighted by atomic mass is 16.4. The molecule has 2 amide bonds. The number of likely N-dealkylation sites (tertiary alicyclic amines) is 1. The Morgan fingerprint density at radius 2 is 1.81 bits per heavy atom. The molecule has 0 aromatic carbocycles. The summed E-state index contributed by atoms with van der Waals surface area (Å²) in [7, 11) is 0. The van der Waals surface area contributed by atoms with Crippen LogP contribution in [0.5, 0.6) is 0 Å². The van der Waals surface area contributed by atoms with Crippen molar-refractivity contribution in [1.29, 1.82) is 0 Å². The molecule has 152 valence electrons. The van der Waals surface area contributed by atoms with Crippen LogP contribution in [0.4, 0.5) is 0 Å². The van der Waals surface area contributed by atoms with Crippen LogP contribution in [0.2, 0.25) is 0 Å². The van der Waals surface area contributed by atoms with E-state index >= 15 is 0 Å². The lowest BCUT2D eigenvalue weighted by Crippen LogP contribution is -2.51. The van der Waals surface area contributed by atoms with Gasteiger partial charge >= 0.3 is 11.9 Å².